The smallest absolute Gasteiger partial charge is 0.303 e. The number of amides is 1. The third kappa shape index (κ3) is 8.72. The van der Waals surface area contributed by atoms with Gasteiger partial charge in [-0.25, -0.2) is 0 Å². The fourth-order valence-corrected chi connectivity index (χ4v) is 5.33. The number of carbonyl (C=O) groups excluding carboxylic acids is 1. The number of aliphatic hydroxyl groups excluding tert-OH is 2. The van der Waals surface area contributed by atoms with E-state index in [1.165, 1.54) is 0 Å². The molecule has 0 aromatic heterocycles. The van der Waals surface area contributed by atoms with Crippen LogP contribution < -0.4 is 5.32 Å². The quantitative estimate of drug-likeness (QED) is 0.213. The van der Waals surface area contributed by atoms with Crippen LogP contribution in [0, 0.1) is 5.92 Å². The Balaban J connectivity index is 1.54. The topological polar surface area (TPSA) is 129 Å². The molecule has 1 fully saturated rings. The van der Waals surface area contributed by atoms with Gasteiger partial charge < -0.3 is 30.1 Å². The van der Waals surface area contributed by atoms with Crippen molar-refractivity contribution in [2.75, 3.05) is 18.9 Å². The number of nitrogens with one attached hydrogen (secondary N) is 1. The highest BCUT2D eigenvalue weighted by molar-refractivity contribution is 5.90. The molecule has 0 saturated carbocycles. The maximum absolute atomic E-state index is 12.4. The number of hydrogen-bond donors (Lipinski definition) is 4. The molecule has 1 saturated heterocycles. The van der Waals surface area contributed by atoms with Crippen molar-refractivity contribution in [3.63, 3.8) is 0 Å². The number of likely N-dealkylation sites (N-methyl/N-ethyl adjacent to an activating group) is 1. The van der Waals surface area contributed by atoms with Gasteiger partial charge in [0, 0.05) is 42.6 Å². The molecule has 6 atom stereocenters. The van der Waals surface area contributed by atoms with Gasteiger partial charge in [0.25, 0.3) is 0 Å². The number of rotatable bonds is 13. The van der Waals surface area contributed by atoms with Crippen LogP contribution in [0.2, 0.25) is 0 Å². The van der Waals surface area contributed by atoms with Crippen molar-refractivity contribution in [3.8, 4) is 0 Å². The monoisotopic (exact) mass is 590 g/mol. The summed E-state index contributed by atoms with van der Waals surface area (Å²) < 4.78 is 13.1. The number of nitrogens with zero attached hydrogens (tertiary/aromatic N) is 1. The van der Waals surface area contributed by atoms with E-state index in [0.717, 1.165) is 22.3 Å². The van der Waals surface area contributed by atoms with Crippen molar-refractivity contribution in [3.05, 3.63) is 101 Å². The molecule has 0 unspecified atom stereocenters. The molecule has 3 aromatic rings. The van der Waals surface area contributed by atoms with E-state index in [2.05, 4.69) is 17.1 Å². The number of carboxylic acid groups (broad SMARTS) is 1. The van der Waals surface area contributed by atoms with Crippen LogP contribution in [-0.2, 0) is 25.7 Å². The predicted molar refractivity (Wildman–Crippen MR) is 163 cm³/mol. The molecule has 0 aliphatic carbocycles. The standard InChI is InChI=1S/C34H42N2O7/c1-22-29(20-36(3)23(2)32(41)25-9-5-4-6-10-25)42-34(43-33(22)26-17-15-24(21-37)16-18-26)27-11-7-12-28(19-27)35-30(38)13-8-14-31(39)40/h4-7,9-12,15-19,22-23,29,32-34,37,41H,8,13-14,20-21H2,1-3H3,(H,35,38)(H,39,40)/t22-,23+,29+,32+,33+,34+/m1/s1. The van der Waals surface area contributed by atoms with Gasteiger partial charge in [0.2, 0.25) is 5.91 Å². The van der Waals surface area contributed by atoms with Crippen molar-refractivity contribution < 1.29 is 34.4 Å². The summed E-state index contributed by atoms with van der Waals surface area (Å²) in [5.74, 6) is -1.23. The maximum Gasteiger partial charge on any atom is 0.303 e. The van der Waals surface area contributed by atoms with Crippen LogP contribution in [-0.4, -0.2) is 57.8 Å². The molecule has 43 heavy (non-hydrogen) atoms. The van der Waals surface area contributed by atoms with Crippen LogP contribution in [0.4, 0.5) is 5.69 Å². The molecule has 9 heteroatoms. The van der Waals surface area contributed by atoms with E-state index in [9.17, 15) is 19.8 Å². The second kappa shape index (κ2) is 15.2. The molecule has 3 aromatic carbocycles. The van der Waals surface area contributed by atoms with Crippen LogP contribution in [0.25, 0.3) is 0 Å². The van der Waals surface area contributed by atoms with Gasteiger partial charge in [-0.1, -0.05) is 73.7 Å². The third-order valence-electron chi connectivity index (χ3n) is 8.12. The summed E-state index contributed by atoms with van der Waals surface area (Å²) >= 11 is 0. The number of benzene rings is 3. The summed E-state index contributed by atoms with van der Waals surface area (Å²) in [4.78, 5) is 25.3. The van der Waals surface area contributed by atoms with Gasteiger partial charge in [0.05, 0.1) is 24.9 Å². The van der Waals surface area contributed by atoms with Crippen LogP contribution in [0.3, 0.4) is 0 Å². The number of anilines is 1. The van der Waals surface area contributed by atoms with E-state index in [0.29, 0.717) is 12.2 Å². The van der Waals surface area contributed by atoms with Crippen LogP contribution >= 0.6 is 0 Å². The number of aliphatic hydroxyl groups is 2. The fraction of sp³-hybridized carbons (Fsp3) is 0.412. The number of aliphatic carboxylic acids is 1. The van der Waals surface area contributed by atoms with E-state index in [1.54, 1.807) is 6.07 Å². The second-order valence-corrected chi connectivity index (χ2v) is 11.3. The highest BCUT2D eigenvalue weighted by Gasteiger charge is 2.39. The number of carbonyl (C=O) groups is 2. The second-order valence-electron chi connectivity index (χ2n) is 11.3. The van der Waals surface area contributed by atoms with E-state index >= 15 is 0 Å². The Morgan fingerprint density at radius 3 is 2.35 bits per heavy atom. The first-order valence-electron chi connectivity index (χ1n) is 14.7. The number of hydrogen-bond acceptors (Lipinski definition) is 7. The molecule has 1 aliphatic rings. The summed E-state index contributed by atoms with van der Waals surface area (Å²) in [5, 5.41) is 32.3. The molecule has 4 N–H and O–H groups in total. The summed E-state index contributed by atoms with van der Waals surface area (Å²) in [5.41, 5.74) is 3.93. The van der Waals surface area contributed by atoms with Gasteiger partial charge in [-0.3, -0.25) is 14.5 Å². The van der Waals surface area contributed by atoms with Crippen LogP contribution in [0.15, 0.2) is 78.9 Å². The summed E-state index contributed by atoms with van der Waals surface area (Å²) in [7, 11) is 1.98. The zero-order chi connectivity index (χ0) is 30.9. The minimum Gasteiger partial charge on any atom is -0.481 e. The summed E-state index contributed by atoms with van der Waals surface area (Å²) in [6.45, 7) is 4.58. The Labute approximate surface area is 253 Å². The lowest BCUT2D eigenvalue weighted by Gasteiger charge is -2.43. The highest BCUT2D eigenvalue weighted by Crippen LogP contribution is 2.42. The summed E-state index contributed by atoms with van der Waals surface area (Å²) in [6, 6.07) is 24.4. The van der Waals surface area contributed by atoms with E-state index in [1.807, 2.05) is 86.8 Å². The number of carboxylic acids is 1. The average Bonchev–Trinajstić information content (AvgIpc) is 3.01. The van der Waals surface area contributed by atoms with Crippen molar-refractivity contribution in [2.24, 2.45) is 5.92 Å². The van der Waals surface area contributed by atoms with Gasteiger partial charge >= 0.3 is 5.97 Å². The van der Waals surface area contributed by atoms with E-state index < -0.39 is 18.4 Å². The normalized spacial score (nSPS) is 21.7. The van der Waals surface area contributed by atoms with Gasteiger partial charge in [0.1, 0.15) is 0 Å². The van der Waals surface area contributed by atoms with Gasteiger partial charge in [-0.2, -0.15) is 0 Å². The Morgan fingerprint density at radius 1 is 0.953 bits per heavy atom. The lowest BCUT2D eigenvalue weighted by atomic mass is 9.89. The van der Waals surface area contributed by atoms with Gasteiger partial charge in [-0.15, -0.1) is 0 Å². The van der Waals surface area contributed by atoms with Gasteiger partial charge in [0.15, 0.2) is 6.29 Å². The Hall–Kier alpha value is -3.60. The zero-order valence-corrected chi connectivity index (χ0v) is 24.9. The lowest BCUT2D eigenvalue weighted by Crippen LogP contribution is -2.46. The van der Waals surface area contributed by atoms with E-state index in [-0.39, 0.29) is 55.9 Å². The Kier molecular flexibility index (Phi) is 11.4. The van der Waals surface area contributed by atoms with Crippen LogP contribution in [0.5, 0.6) is 0 Å². The van der Waals surface area contributed by atoms with Crippen LogP contribution in [0.1, 0.15) is 73.9 Å². The molecule has 0 radical (unpaired) electrons. The molecule has 1 heterocycles. The first-order chi connectivity index (χ1) is 20.7. The zero-order valence-electron chi connectivity index (χ0n) is 24.9. The van der Waals surface area contributed by atoms with Crippen molar-refractivity contribution in [1.82, 2.24) is 4.90 Å². The Morgan fingerprint density at radius 2 is 1.67 bits per heavy atom. The van der Waals surface area contributed by atoms with Crippen molar-refractivity contribution >= 4 is 17.6 Å². The predicted octanol–water partition coefficient (Wildman–Crippen LogP) is 5.22. The molecule has 1 aliphatic heterocycles. The minimum atomic E-state index is -0.930. The fourth-order valence-electron chi connectivity index (χ4n) is 5.33. The van der Waals surface area contributed by atoms with Gasteiger partial charge in [-0.05, 0) is 49.2 Å². The van der Waals surface area contributed by atoms with Crippen molar-refractivity contribution in [1.29, 1.82) is 0 Å². The molecule has 0 bridgehead atoms. The maximum atomic E-state index is 12.4. The average molecular weight is 591 g/mol. The molecular formula is C34H42N2O7. The Bertz CT molecular complexity index is 1330. The molecule has 1 amide bonds. The summed E-state index contributed by atoms with van der Waals surface area (Å²) in [6.07, 6.45) is -1.66. The molecular weight excluding hydrogens is 548 g/mol. The first-order valence-corrected chi connectivity index (χ1v) is 14.7. The lowest BCUT2D eigenvalue weighted by molar-refractivity contribution is -0.276. The molecule has 4 rings (SSSR count). The van der Waals surface area contributed by atoms with E-state index in [4.69, 9.17) is 14.6 Å². The minimum absolute atomic E-state index is 0.0446. The largest absolute Gasteiger partial charge is 0.481 e. The molecule has 9 nitrogen and oxygen atoms in total. The third-order valence-corrected chi connectivity index (χ3v) is 8.12. The first kappa shape index (κ1) is 32.3. The number of ether oxygens (including phenoxy) is 2. The SMILES string of the molecule is C[C@@H]1[C@H](CN(C)[C@@H](C)[C@H](O)c2ccccc2)O[C@H](c2cccc(NC(=O)CCCC(=O)O)c2)O[C@@H]1c1ccc(CO)cc1. The molecule has 0 spiro atoms. The molecule has 230 valence electrons. The van der Waals surface area contributed by atoms with Crippen molar-refractivity contribution in [2.45, 2.75) is 70.4 Å². The highest BCUT2D eigenvalue weighted by atomic mass is 16.7.